The Hall–Kier alpha value is -0.0800. The van der Waals surface area contributed by atoms with E-state index >= 15 is 0 Å². The Kier molecular flexibility index (Phi) is 2.69. The topological polar surface area (TPSA) is 23.5 Å². The molecule has 2 nitrogen and oxygen atoms in total. The first kappa shape index (κ1) is 8.02. The molecule has 1 rings (SSSR count). The summed E-state index contributed by atoms with van der Waals surface area (Å²) in [4.78, 5) is 2.35. The van der Waals surface area contributed by atoms with Gasteiger partial charge in [-0.15, -0.1) is 0 Å². The lowest BCUT2D eigenvalue weighted by Gasteiger charge is -2.21. The fraction of sp³-hybridized carbons (Fsp3) is 1.00. The molecule has 1 fully saturated rings. The molecule has 0 aromatic heterocycles. The van der Waals surface area contributed by atoms with E-state index in [1.54, 1.807) is 0 Å². The zero-order valence-corrected chi connectivity index (χ0v) is 6.88. The maximum atomic E-state index is 9.20. The molecule has 60 valence electrons. The van der Waals surface area contributed by atoms with Crippen LogP contribution in [0.1, 0.15) is 26.7 Å². The van der Waals surface area contributed by atoms with E-state index in [1.807, 2.05) is 0 Å². The van der Waals surface area contributed by atoms with Gasteiger partial charge in [0.1, 0.15) is 0 Å². The van der Waals surface area contributed by atoms with Gasteiger partial charge in [-0.25, -0.2) is 0 Å². The van der Waals surface area contributed by atoms with Crippen LogP contribution in [0.5, 0.6) is 0 Å². The van der Waals surface area contributed by atoms with Gasteiger partial charge in [0.25, 0.3) is 0 Å². The summed E-state index contributed by atoms with van der Waals surface area (Å²) in [5, 5.41) is 9.20. The Bertz CT molecular complexity index is 105. The van der Waals surface area contributed by atoms with Gasteiger partial charge in [0, 0.05) is 19.1 Å². The van der Waals surface area contributed by atoms with Crippen LogP contribution >= 0.6 is 0 Å². The highest BCUT2D eigenvalue weighted by molar-refractivity contribution is 4.77. The number of nitrogens with zero attached hydrogens (tertiary/aromatic N) is 1. The Labute approximate surface area is 62.8 Å². The standard InChI is InChI=1S/C8H17NO/c1-3-7(2)9-5-4-8(10)6-9/h7-8,10H,3-6H2,1-2H3. The first-order valence-electron chi connectivity index (χ1n) is 4.16. The number of hydrogen-bond acceptors (Lipinski definition) is 2. The molecule has 2 unspecified atom stereocenters. The number of β-amino-alcohol motifs (C(OH)–C–C–N with tert-alkyl or cyclic N) is 1. The van der Waals surface area contributed by atoms with Crippen molar-refractivity contribution in [2.24, 2.45) is 0 Å². The van der Waals surface area contributed by atoms with Crippen LogP contribution < -0.4 is 0 Å². The van der Waals surface area contributed by atoms with Crippen molar-refractivity contribution in [3.63, 3.8) is 0 Å². The zero-order valence-electron chi connectivity index (χ0n) is 6.88. The third-order valence-electron chi connectivity index (χ3n) is 2.41. The molecule has 0 spiro atoms. The Morgan fingerprint density at radius 1 is 1.70 bits per heavy atom. The smallest absolute Gasteiger partial charge is 0.0679 e. The molecule has 0 aromatic carbocycles. The van der Waals surface area contributed by atoms with Crippen molar-refractivity contribution in [3.05, 3.63) is 0 Å². The van der Waals surface area contributed by atoms with Crippen molar-refractivity contribution >= 4 is 0 Å². The summed E-state index contributed by atoms with van der Waals surface area (Å²) in [5.41, 5.74) is 0. The molecule has 0 amide bonds. The lowest BCUT2D eigenvalue weighted by molar-refractivity contribution is 0.161. The number of rotatable bonds is 2. The third-order valence-corrected chi connectivity index (χ3v) is 2.41. The van der Waals surface area contributed by atoms with Gasteiger partial charge in [-0.05, 0) is 19.8 Å². The predicted octanol–water partition coefficient (Wildman–Crippen LogP) is 0.851. The summed E-state index contributed by atoms with van der Waals surface area (Å²) in [6.45, 7) is 6.37. The second-order valence-electron chi connectivity index (χ2n) is 3.19. The van der Waals surface area contributed by atoms with E-state index in [9.17, 15) is 5.11 Å². The van der Waals surface area contributed by atoms with Gasteiger partial charge in [0.15, 0.2) is 0 Å². The molecule has 1 saturated heterocycles. The highest BCUT2D eigenvalue weighted by Crippen LogP contribution is 2.13. The van der Waals surface area contributed by atoms with E-state index in [0.717, 1.165) is 19.5 Å². The Balaban J connectivity index is 2.29. The van der Waals surface area contributed by atoms with Gasteiger partial charge >= 0.3 is 0 Å². The average Bonchev–Trinajstić information content (AvgIpc) is 2.34. The largest absolute Gasteiger partial charge is 0.392 e. The van der Waals surface area contributed by atoms with Crippen LogP contribution in [0.3, 0.4) is 0 Å². The predicted molar refractivity (Wildman–Crippen MR) is 41.9 cm³/mol. The maximum absolute atomic E-state index is 9.20. The number of hydrogen-bond donors (Lipinski definition) is 1. The van der Waals surface area contributed by atoms with Crippen LogP contribution in [0.2, 0.25) is 0 Å². The fourth-order valence-electron chi connectivity index (χ4n) is 1.43. The minimum Gasteiger partial charge on any atom is -0.392 e. The van der Waals surface area contributed by atoms with Crippen LogP contribution in [-0.2, 0) is 0 Å². The maximum Gasteiger partial charge on any atom is 0.0679 e. The molecule has 10 heavy (non-hydrogen) atoms. The summed E-state index contributed by atoms with van der Waals surface area (Å²) in [7, 11) is 0. The summed E-state index contributed by atoms with van der Waals surface area (Å²) in [5.74, 6) is 0. The molecule has 0 aliphatic carbocycles. The quantitative estimate of drug-likeness (QED) is 0.619. The second-order valence-corrected chi connectivity index (χ2v) is 3.19. The molecule has 1 aliphatic heterocycles. The van der Waals surface area contributed by atoms with Crippen molar-refractivity contribution in [2.75, 3.05) is 13.1 Å². The molecule has 0 radical (unpaired) electrons. The molecule has 0 saturated carbocycles. The molecule has 1 aliphatic rings. The van der Waals surface area contributed by atoms with Gasteiger partial charge in [0.05, 0.1) is 6.10 Å². The summed E-state index contributed by atoms with van der Waals surface area (Å²) < 4.78 is 0. The molecule has 0 bridgehead atoms. The first-order valence-corrected chi connectivity index (χ1v) is 4.16. The monoisotopic (exact) mass is 143 g/mol. The summed E-state index contributed by atoms with van der Waals surface area (Å²) >= 11 is 0. The van der Waals surface area contributed by atoms with Crippen LogP contribution in [-0.4, -0.2) is 35.2 Å². The van der Waals surface area contributed by atoms with Crippen LogP contribution in [0.4, 0.5) is 0 Å². The van der Waals surface area contributed by atoms with Crippen molar-refractivity contribution in [1.29, 1.82) is 0 Å². The lowest BCUT2D eigenvalue weighted by Crippen LogP contribution is -2.30. The molecule has 0 aromatic rings. The van der Waals surface area contributed by atoms with Gasteiger partial charge in [-0.2, -0.15) is 0 Å². The van der Waals surface area contributed by atoms with Crippen LogP contribution in [0.25, 0.3) is 0 Å². The Morgan fingerprint density at radius 2 is 2.40 bits per heavy atom. The van der Waals surface area contributed by atoms with Crippen molar-refractivity contribution in [3.8, 4) is 0 Å². The van der Waals surface area contributed by atoms with Crippen molar-refractivity contribution < 1.29 is 5.11 Å². The highest BCUT2D eigenvalue weighted by Gasteiger charge is 2.22. The van der Waals surface area contributed by atoms with Crippen molar-refractivity contribution in [1.82, 2.24) is 4.90 Å². The van der Waals surface area contributed by atoms with E-state index in [-0.39, 0.29) is 6.10 Å². The number of aliphatic hydroxyl groups excluding tert-OH is 1. The van der Waals surface area contributed by atoms with E-state index in [0.29, 0.717) is 6.04 Å². The van der Waals surface area contributed by atoms with Crippen LogP contribution in [0, 0.1) is 0 Å². The minimum atomic E-state index is -0.0611. The first-order chi connectivity index (χ1) is 4.74. The average molecular weight is 143 g/mol. The molecular weight excluding hydrogens is 126 g/mol. The molecule has 2 atom stereocenters. The lowest BCUT2D eigenvalue weighted by atomic mass is 10.2. The number of aliphatic hydroxyl groups is 1. The van der Waals surface area contributed by atoms with Crippen molar-refractivity contribution in [2.45, 2.75) is 38.8 Å². The Morgan fingerprint density at radius 3 is 2.80 bits per heavy atom. The molecular formula is C8H17NO. The normalized spacial score (nSPS) is 30.9. The fourth-order valence-corrected chi connectivity index (χ4v) is 1.43. The van der Waals surface area contributed by atoms with Gasteiger partial charge in [-0.1, -0.05) is 6.92 Å². The number of likely N-dealkylation sites (tertiary alicyclic amines) is 1. The van der Waals surface area contributed by atoms with Gasteiger partial charge < -0.3 is 5.11 Å². The third kappa shape index (κ3) is 1.70. The van der Waals surface area contributed by atoms with Gasteiger partial charge in [-0.3, -0.25) is 4.90 Å². The van der Waals surface area contributed by atoms with E-state index in [1.165, 1.54) is 6.42 Å². The zero-order chi connectivity index (χ0) is 7.56. The second kappa shape index (κ2) is 3.35. The highest BCUT2D eigenvalue weighted by atomic mass is 16.3. The minimum absolute atomic E-state index is 0.0611. The SMILES string of the molecule is CCC(C)N1CCC(O)C1. The van der Waals surface area contributed by atoms with E-state index < -0.39 is 0 Å². The molecule has 2 heteroatoms. The molecule has 1 N–H and O–H groups in total. The van der Waals surface area contributed by atoms with Crippen LogP contribution in [0.15, 0.2) is 0 Å². The van der Waals surface area contributed by atoms with E-state index in [2.05, 4.69) is 18.7 Å². The van der Waals surface area contributed by atoms with Gasteiger partial charge in [0.2, 0.25) is 0 Å². The van der Waals surface area contributed by atoms with E-state index in [4.69, 9.17) is 0 Å². The molecule has 1 heterocycles. The summed E-state index contributed by atoms with van der Waals surface area (Å²) in [6, 6.07) is 0.650. The summed E-state index contributed by atoms with van der Waals surface area (Å²) in [6.07, 6.45) is 2.09.